The van der Waals surface area contributed by atoms with E-state index in [-0.39, 0.29) is 0 Å². The first-order valence-corrected chi connectivity index (χ1v) is 8.95. The predicted octanol–water partition coefficient (Wildman–Crippen LogP) is 1.82. The largest absolute Gasteiger partial charge is 0.328 e. The van der Waals surface area contributed by atoms with E-state index in [1.165, 1.54) is 11.0 Å². The molecule has 0 aliphatic heterocycles. The second-order valence-corrected chi connectivity index (χ2v) is 7.19. The Kier molecular flexibility index (Phi) is 6.48. The van der Waals surface area contributed by atoms with Crippen molar-refractivity contribution in [2.24, 2.45) is 0 Å². The third-order valence-corrected chi connectivity index (χ3v) is 4.31. The Morgan fingerprint density at radius 1 is 1.15 bits per heavy atom. The Bertz CT molecular complexity index is 648. The molecular formula is C12H19ClN2O4S. The summed E-state index contributed by atoms with van der Waals surface area (Å²) in [5.74, 6) is 0. The molecule has 114 valence electrons. The van der Waals surface area contributed by atoms with Gasteiger partial charge < -0.3 is 0 Å². The fourth-order valence-corrected chi connectivity index (χ4v) is 2.75. The second kappa shape index (κ2) is 7.64. The number of unbranched alkanes of at least 4 members (excludes halogenated alkanes) is 5. The van der Waals surface area contributed by atoms with Crippen molar-refractivity contribution >= 4 is 19.7 Å². The van der Waals surface area contributed by atoms with Crippen molar-refractivity contribution in [3.8, 4) is 0 Å². The molecule has 0 aliphatic carbocycles. The van der Waals surface area contributed by atoms with E-state index < -0.39 is 25.2 Å². The van der Waals surface area contributed by atoms with Gasteiger partial charge in [0.1, 0.15) is 0 Å². The molecule has 0 saturated heterocycles. The summed E-state index contributed by atoms with van der Waals surface area (Å²) in [5.41, 5.74) is -1.60. The lowest BCUT2D eigenvalue weighted by Gasteiger charge is -2.06. The number of hydrogen-bond acceptors (Lipinski definition) is 4. The lowest BCUT2D eigenvalue weighted by atomic mass is 10.1. The van der Waals surface area contributed by atoms with Gasteiger partial charge >= 0.3 is 5.69 Å². The van der Waals surface area contributed by atoms with Gasteiger partial charge in [-0.3, -0.25) is 14.3 Å². The molecule has 0 unspecified atom stereocenters. The molecule has 1 N–H and O–H groups in total. The zero-order valence-electron chi connectivity index (χ0n) is 11.4. The molecule has 0 amide bonds. The minimum Gasteiger partial charge on any atom is -0.299 e. The molecule has 20 heavy (non-hydrogen) atoms. The number of nitrogens with one attached hydrogen (secondary N) is 1. The Balaban J connectivity index is 2.72. The summed E-state index contributed by atoms with van der Waals surface area (Å²) in [6, 6.07) is 0. The lowest BCUT2D eigenvalue weighted by Crippen LogP contribution is -2.32. The van der Waals surface area contributed by atoms with Crippen LogP contribution in [0.15, 0.2) is 20.7 Å². The smallest absolute Gasteiger partial charge is 0.299 e. The van der Waals surface area contributed by atoms with Gasteiger partial charge in [-0.2, -0.15) is 0 Å². The van der Waals surface area contributed by atoms with E-state index in [4.69, 9.17) is 10.7 Å². The zero-order chi connectivity index (χ0) is 15.2. The van der Waals surface area contributed by atoms with Crippen LogP contribution >= 0.6 is 10.7 Å². The van der Waals surface area contributed by atoms with Crippen LogP contribution in [-0.4, -0.2) is 18.0 Å². The van der Waals surface area contributed by atoms with E-state index in [1.807, 2.05) is 4.98 Å². The maximum absolute atomic E-state index is 11.6. The van der Waals surface area contributed by atoms with Gasteiger partial charge in [-0.05, 0) is 6.42 Å². The fraction of sp³-hybridized carbons (Fsp3) is 0.667. The first-order chi connectivity index (χ1) is 9.36. The number of aromatic nitrogens is 2. The summed E-state index contributed by atoms with van der Waals surface area (Å²) in [7, 11) is 0.997. The summed E-state index contributed by atoms with van der Waals surface area (Å²) in [6.45, 7) is 2.50. The van der Waals surface area contributed by atoms with E-state index in [1.54, 1.807) is 0 Å². The third kappa shape index (κ3) is 5.13. The van der Waals surface area contributed by atoms with Crippen LogP contribution in [0.4, 0.5) is 0 Å². The Morgan fingerprint density at radius 2 is 1.75 bits per heavy atom. The normalized spacial score (nSPS) is 11.7. The van der Waals surface area contributed by atoms with Gasteiger partial charge in [0, 0.05) is 23.4 Å². The van der Waals surface area contributed by atoms with Crippen LogP contribution in [0.25, 0.3) is 0 Å². The number of halogens is 1. The highest BCUT2D eigenvalue weighted by molar-refractivity contribution is 8.13. The van der Waals surface area contributed by atoms with E-state index >= 15 is 0 Å². The van der Waals surface area contributed by atoms with Crippen molar-refractivity contribution in [3.63, 3.8) is 0 Å². The number of H-pyrrole nitrogens is 1. The van der Waals surface area contributed by atoms with Crippen LogP contribution in [0.2, 0.25) is 0 Å². The van der Waals surface area contributed by atoms with E-state index in [0.29, 0.717) is 6.54 Å². The third-order valence-electron chi connectivity index (χ3n) is 2.99. The SMILES string of the molecule is CCCCCCCCn1cc(S(=O)(=O)Cl)c(=O)[nH]c1=O. The standard InChI is InChI=1S/C12H19ClN2O4S/c1-2-3-4-5-6-7-8-15-9-10(20(13,18)19)11(16)14-12(15)17/h9H,2-8H2,1H3,(H,14,16,17). The minimum atomic E-state index is -4.15. The van der Waals surface area contributed by atoms with Gasteiger partial charge in [-0.15, -0.1) is 0 Å². The molecule has 0 atom stereocenters. The number of rotatable bonds is 8. The number of nitrogens with zero attached hydrogens (tertiary/aromatic N) is 1. The first-order valence-electron chi connectivity index (χ1n) is 6.64. The van der Waals surface area contributed by atoms with E-state index in [9.17, 15) is 18.0 Å². The minimum absolute atomic E-state index is 0.362. The second-order valence-electron chi connectivity index (χ2n) is 4.65. The topological polar surface area (TPSA) is 89.0 Å². The number of aryl methyl sites for hydroxylation is 1. The van der Waals surface area contributed by atoms with Crippen LogP contribution in [0.1, 0.15) is 45.4 Å². The monoisotopic (exact) mass is 322 g/mol. The molecule has 0 bridgehead atoms. The molecule has 0 spiro atoms. The van der Waals surface area contributed by atoms with E-state index in [0.717, 1.165) is 38.3 Å². The van der Waals surface area contributed by atoms with Crippen molar-refractivity contribution in [1.82, 2.24) is 9.55 Å². The molecule has 6 nitrogen and oxygen atoms in total. The van der Waals surface area contributed by atoms with Crippen LogP contribution in [0.3, 0.4) is 0 Å². The van der Waals surface area contributed by atoms with Crippen LogP contribution in [0, 0.1) is 0 Å². The Hall–Kier alpha value is -1.08. The molecule has 0 saturated carbocycles. The predicted molar refractivity (Wildman–Crippen MR) is 77.7 cm³/mol. The van der Waals surface area contributed by atoms with Gasteiger partial charge in [0.05, 0.1) is 0 Å². The summed E-state index contributed by atoms with van der Waals surface area (Å²) in [5, 5.41) is 0. The maximum atomic E-state index is 11.6. The van der Waals surface area contributed by atoms with Crippen LogP contribution < -0.4 is 11.2 Å². The summed E-state index contributed by atoms with van der Waals surface area (Å²) < 4.78 is 23.6. The first kappa shape index (κ1) is 17.0. The van der Waals surface area contributed by atoms with Crippen molar-refractivity contribution in [2.75, 3.05) is 0 Å². The van der Waals surface area contributed by atoms with E-state index in [2.05, 4.69) is 6.92 Å². The Labute approximate surface area is 122 Å². The molecular weight excluding hydrogens is 304 g/mol. The average molecular weight is 323 g/mol. The highest BCUT2D eigenvalue weighted by atomic mass is 35.7. The van der Waals surface area contributed by atoms with Crippen molar-refractivity contribution < 1.29 is 8.42 Å². The highest BCUT2D eigenvalue weighted by Crippen LogP contribution is 2.09. The quantitative estimate of drug-likeness (QED) is 0.584. The molecule has 1 rings (SSSR count). The molecule has 0 fully saturated rings. The van der Waals surface area contributed by atoms with Gasteiger partial charge in [-0.1, -0.05) is 39.0 Å². The molecule has 0 aliphatic rings. The van der Waals surface area contributed by atoms with Crippen LogP contribution in [0.5, 0.6) is 0 Å². The lowest BCUT2D eigenvalue weighted by molar-refractivity contribution is 0.536. The van der Waals surface area contributed by atoms with Crippen LogP contribution in [-0.2, 0) is 15.6 Å². The number of hydrogen-bond donors (Lipinski definition) is 1. The van der Waals surface area contributed by atoms with Crippen molar-refractivity contribution in [2.45, 2.75) is 56.9 Å². The summed E-state index contributed by atoms with van der Waals surface area (Å²) in [4.78, 5) is 24.3. The zero-order valence-corrected chi connectivity index (χ0v) is 13.0. The van der Waals surface area contributed by atoms with Crippen molar-refractivity contribution in [1.29, 1.82) is 0 Å². The Morgan fingerprint density at radius 3 is 2.35 bits per heavy atom. The van der Waals surface area contributed by atoms with Crippen molar-refractivity contribution in [3.05, 3.63) is 27.0 Å². The molecule has 1 aromatic rings. The fourth-order valence-electron chi connectivity index (χ4n) is 1.89. The molecule has 1 heterocycles. The summed E-state index contributed by atoms with van der Waals surface area (Å²) >= 11 is 0. The number of aromatic amines is 1. The average Bonchev–Trinajstić information content (AvgIpc) is 2.34. The van der Waals surface area contributed by atoms with Gasteiger partial charge in [0.15, 0.2) is 4.90 Å². The highest BCUT2D eigenvalue weighted by Gasteiger charge is 2.16. The molecule has 1 aromatic heterocycles. The molecule has 8 heteroatoms. The molecule has 0 radical (unpaired) electrons. The van der Waals surface area contributed by atoms with Gasteiger partial charge in [0.2, 0.25) is 0 Å². The molecule has 0 aromatic carbocycles. The van der Waals surface area contributed by atoms with Gasteiger partial charge in [0.25, 0.3) is 14.6 Å². The summed E-state index contributed by atoms with van der Waals surface area (Å²) in [6.07, 6.45) is 7.29. The van der Waals surface area contributed by atoms with Gasteiger partial charge in [-0.25, -0.2) is 13.2 Å². The maximum Gasteiger partial charge on any atom is 0.328 e.